The summed E-state index contributed by atoms with van der Waals surface area (Å²) in [4.78, 5) is 30.2. The molecule has 0 spiro atoms. The van der Waals surface area contributed by atoms with Crippen molar-refractivity contribution in [2.24, 2.45) is 0 Å². The molecule has 2 aliphatic rings. The first-order valence-corrected chi connectivity index (χ1v) is 7.58. The normalized spacial score (nSPS) is 35.2. The van der Waals surface area contributed by atoms with E-state index in [1.807, 2.05) is 0 Å². The number of phosphoric ester groups is 1. The average molecular weight is 312 g/mol. The summed E-state index contributed by atoms with van der Waals surface area (Å²) < 4.78 is 20.3. The van der Waals surface area contributed by atoms with E-state index >= 15 is 0 Å². The summed E-state index contributed by atoms with van der Waals surface area (Å²) in [5.41, 5.74) is 0. The zero-order valence-electron chi connectivity index (χ0n) is 10.5. The Morgan fingerprint density at radius 1 is 1.45 bits per heavy atom. The van der Waals surface area contributed by atoms with Crippen LogP contribution in [-0.4, -0.2) is 68.7 Å². The Labute approximate surface area is 114 Å². The minimum absolute atomic E-state index is 0.110. The van der Waals surface area contributed by atoms with Crippen LogP contribution >= 0.6 is 7.82 Å². The SMILES string of the molecule is O=C1NC(O)CCN1[C@H]1C[C@H](O)[C@@H](COP(=O)(O)O)O1. The molecule has 0 saturated carbocycles. The van der Waals surface area contributed by atoms with Crippen molar-refractivity contribution >= 4 is 13.9 Å². The fourth-order valence-electron chi connectivity index (χ4n) is 2.16. The first kappa shape index (κ1) is 15.6. The summed E-state index contributed by atoms with van der Waals surface area (Å²) in [5.74, 6) is 0. The molecule has 0 aliphatic carbocycles. The Balaban J connectivity index is 1.90. The molecule has 0 aromatic heterocycles. The highest BCUT2D eigenvalue weighted by atomic mass is 31.2. The lowest BCUT2D eigenvalue weighted by Crippen LogP contribution is -2.55. The fraction of sp³-hybridized carbons (Fsp3) is 0.889. The Bertz CT molecular complexity index is 415. The number of aliphatic hydroxyl groups is 2. The molecule has 0 bridgehead atoms. The van der Waals surface area contributed by atoms with Crippen LogP contribution in [0, 0.1) is 0 Å². The molecule has 0 aromatic carbocycles. The van der Waals surface area contributed by atoms with E-state index in [2.05, 4.69) is 9.84 Å². The molecular weight excluding hydrogens is 295 g/mol. The average Bonchev–Trinajstić information content (AvgIpc) is 2.67. The van der Waals surface area contributed by atoms with Gasteiger partial charge in [0.2, 0.25) is 0 Å². The highest BCUT2D eigenvalue weighted by Gasteiger charge is 2.41. The van der Waals surface area contributed by atoms with Crippen LogP contribution in [0.25, 0.3) is 0 Å². The van der Waals surface area contributed by atoms with E-state index in [0.717, 1.165) is 0 Å². The van der Waals surface area contributed by atoms with E-state index in [1.54, 1.807) is 0 Å². The second kappa shape index (κ2) is 5.94. The third kappa shape index (κ3) is 3.89. The van der Waals surface area contributed by atoms with Crippen molar-refractivity contribution in [3.63, 3.8) is 0 Å². The van der Waals surface area contributed by atoms with Crippen LogP contribution in [0.3, 0.4) is 0 Å². The van der Waals surface area contributed by atoms with Crippen LogP contribution in [0.5, 0.6) is 0 Å². The number of rotatable bonds is 4. The number of nitrogens with zero attached hydrogens (tertiary/aromatic N) is 1. The van der Waals surface area contributed by atoms with Crippen molar-refractivity contribution in [3.8, 4) is 0 Å². The van der Waals surface area contributed by atoms with Crippen molar-refractivity contribution in [1.82, 2.24) is 10.2 Å². The lowest BCUT2D eigenvalue weighted by molar-refractivity contribution is -0.0722. The van der Waals surface area contributed by atoms with Gasteiger partial charge >= 0.3 is 13.9 Å². The second-order valence-electron chi connectivity index (χ2n) is 4.67. The quantitative estimate of drug-likeness (QED) is 0.386. The summed E-state index contributed by atoms with van der Waals surface area (Å²) in [5, 5.41) is 21.3. The highest BCUT2D eigenvalue weighted by Crippen LogP contribution is 2.37. The van der Waals surface area contributed by atoms with Crippen molar-refractivity contribution in [1.29, 1.82) is 0 Å². The molecular formula is C9H17N2O8P. The third-order valence-electron chi connectivity index (χ3n) is 3.15. The molecule has 4 atom stereocenters. The van der Waals surface area contributed by atoms with Crippen molar-refractivity contribution in [2.45, 2.75) is 37.5 Å². The van der Waals surface area contributed by atoms with Crippen molar-refractivity contribution < 1.29 is 38.6 Å². The Morgan fingerprint density at radius 3 is 2.75 bits per heavy atom. The fourth-order valence-corrected chi connectivity index (χ4v) is 2.50. The lowest BCUT2D eigenvalue weighted by Gasteiger charge is -2.34. The molecule has 116 valence electrons. The number of nitrogens with one attached hydrogen (secondary N) is 1. The monoisotopic (exact) mass is 312 g/mol. The molecule has 0 radical (unpaired) electrons. The molecule has 2 amide bonds. The number of amides is 2. The maximum Gasteiger partial charge on any atom is 0.469 e. The van der Waals surface area contributed by atoms with E-state index in [1.165, 1.54) is 4.90 Å². The first-order valence-electron chi connectivity index (χ1n) is 6.05. The van der Waals surface area contributed by atoms with Gasteiger partial charge in [-0.05, 0) is 0 Å². The van der Waals surface area contributed by atoms with Gasteiger partial charge in [-0.2, -0.15) is 0 Å². The summed E-state index contributed by atoms with van der Waals surface area (Å²) >= 11 is 0. The zero-order chi connectivity index (χ0) is 14.9. The minimum Gasteiger partial charge on any atom is -0.390 e. The van der Waals surface area contributed by atoms with Gasteiger partial charge in [-0.15, -0.1) is 0 Å². The number of ether oxygens (including phenoxy) is 1. The molecule has 2 saturated heterocycles. The van der Waals surface area contributed by atoms with Gasteiger partial charge in [-0.25, -0.2) is 9.36 Å². The number of aliphatic hydroxyl groups excluding tert-OH is 2. The van der Waals surface area contributed by atoms with Gasteiger partial charge in [-0.3, -0.25) is 9.42 Å². The summed E-state index contributed by atoms with van der Waals surface area (Å²) in [7, 11) is -4.63. The Kier molecular flexibility index (Phi) is 4.65. The van der Waals surface area contributed by atoms with Crippen LogP contribution in [0.15, 0.2) is 0 Å². The van der Waals surface area contributed by atoms with E-state index in [-0.39, 0.29) is 13.0 Å². The summed E-state index contributed by atoms with van der Waals surface area (Å²) in [6, 6.07) is -0.516. The van der Waals surface area contributed by atoms with Gasteiger partial charge in [0.1, 0.15) is 18.6 Å². The van der Waals surface area contributed by atoms with Crippen LogP contribution in [-0.2, 0) is 13.8 Å². The van der Waals surface area contributed by atoms with Crippen LogP contribution < -0.4 is 5.32 Å². The summed E-state index contributed by atoms with van der Waals surface area (Å²) in [6.45, 7) is -0.212. The maximum absolute atomic E-state index is 11.7. The molecule has 2 aliphatic heterocycles. The first-order chi connectivity index (χ1) is 9.26. The van der Waals surface area contributed by atoms with Gasteiger partial charge in [0.15, 0.2) is 0 Å². The molecule has 2 fully saturated rings. The Hall–Kier alpha value is -0.740. The van der Waals surface area contributed by atoms with E-state index in [4.69, 9.17) is 14.5 Å². The van der Waals surface area contributed by atoms with Gasteiger partial charge in [0, 0.05) is 19.4 Å². The molecule has 0 aromatic rings. The predicted octanol–water partition coefficient (Wildman–Crippen LogP) is -1.69. The third-order valence-corrected chi connectivity index (χ3v) is 3.64. The second-order valence-corrected chi connectivity index (χ2v) is 5.91. The highest BCUT2D eigenvalue weighted by molar-refractivity contribution is 7.46. The van der Waals surface area contributed by atoms with Crippen LogP contribution in [0.1, 0.15) is 12.8 Å². The van der Waals surface area contributed by atoms with Crippen molar-refractivity contribution in [3.05, 3.63) is 0 Å². The van der Waals surface area contributed by atoms with Gasteiger partial charge in [0.25, 0.3) is 0 Å². The molecule has 20 heavy (non-hydrogen) atoms. The lowest BCUT2D eigenvalue weighted by atomic mass is 10.2. The van der Waals surface area contributed by atoms with Gasteiger partial charge < -0.3 is 30.1 Å². The van der Waals surface area contributed by atoms with E-state index < -0.39 is 45.1 Å². The minimum atomic E-state index is -4.63. The van der Waals surface area contributed by atoms with Crippen LogP contribution in [0.4, 0.5) is 4.79 Å². The molecule has 2 rings (SSSR count). The predicted molar refractivity (Wildman–Crippen MR) is 63.1 cm³/mol. The largest absolute Gasteiger partial charge is 0.469 e. The van der Waals surface area contributed by atoms with Crippen molar-refractivity contribution in [2.75, 3.05) is 13.2 Å². The van der Waals surface area contributed by atoms with Crippen LogP contribution in [0.2, 0.25) is 0 Å². The van der Waals surface area contributed by atoms with E-state index in [0.29, 0.717) is 6.42 Å². The van der Waals surface area contributed by atoms with E-state index in [9.17, 15) is 19.6 Å². The number of hydrogen-bond donors (Lipinski definition) is 5. The van der Waals surface area contributed by atoms with Gasteiger partial charge in [-0.1, -0.05) is 0 Å². The standard InChI is InChI=1S/C9H17N2O8P/c12-5-3-8(11-2-1-7(13)10-9(11)14)19-6(5)4-18-20(15,16)17/h5-8,12-13H,1-4H2,(H,10,14)(H2,15,16,17)/t5-,6+,7?,8+/m0/s1. The Morgan fingerprint density at radius 2 is 2.15 bits per heavy atom. The number of urea groups is 1. The summed E-state index contributed by atoms with van der Waals surface area (Å²) in [6.07, 6.45) is -3.11. The topological polar surface area (TPSA) is 149 Å². The number of carbonyl (C=O) groups excluding carboxylic acids is 1. The zero-order valence-corrected chi connectivity index (χ0v) is 11.3. The molecule has 11 heteroatoms. The van der Waals surface area contributed by atoms with Gasteiger partial charge in [0.05, 0.1) is 12.7 Å². The number of phosphoric acid groups is 1. The number of carbonyl (C=O) groups is 1. The molecule has 2 heterocycles. The maximum atomic E-state index is 11.7. The smallest absolute Gasteiger partial charge is 0.390 e. The molecule has 10 nitrogen and oxygen atoms in total. The molecule has 1 unspecified atom stereocenters. The molecule has 5 N–H and O–H groups in total. The number of hydrogen-bond acceptors (Lipinski definition) is 6.